The van der Waals surface area contributed by atoms with E-state index < -0.39 is 17.5 Å². The first-order valence-corrected chi connectivity index (χ1v) is 9.35. The number of nitrogens with zero attached hydrogens (tertiary/aromatic N) is 1. The van der Waals surface area contributed by atoms with Crippen LogP contribution in [0.15, 0.2) is 52.2 Å². The van der Waals surface area contributed by atoms with Crippen molar-refractivity contribution in [1.82, 2.24) is 4.98 Å². The van der Waals surface area contributed by atoms with Gasteiger partial charge in [0.05, 0.1) is 17.1 Å². The fraction of sp³-hybridized carbons (Fsp3) is 0.0588. The number of hydrogen-bond donors (Lipinski definition) is 1. The Morgan fingerprint density at radius 3 is 2.68 bits per heavy atom. The molecule has 0 spiro atoms. The molecule has 0 aliphatic carbocycles. The zero-order chi connectivity index (χ0) is 17.8. The van der Waals surface area contributed by atoms with E-state index in [2.05, 4.69) is 10.3 Å². The molecule has 0 atom stereocenters. The molecule has 8 heteroatoms. The van der Waals surface area contributed by atoms with Gasteiger partial charge in [0, 0.05) is 22.0 Å². The van der Waals surface area contributed by atoms with E-state index in [0.717, 1.165) is 27.7 Å². The van der Waals surface area contributed by atoms with E-state index in [4.69, 9.17) is 11.6 Å². The first-order chi connectivity index (χ1) is 12.0. The van der Waals surface area contributed by atoms with Gasteiger partial charge in [-0.2, -0.15) is 0 Å². The number of thiazole rings is 1. The Balaban J connectivity index is 1.58. The molecular formula is C17H11ClF2N2OS2. The molecule has 1 heterocycles. The number of carbonyl (C=O) groups is 1. The maximum absolute atomic E-state index is 13.5. The van der Waals surface area contributed by atoms with Crippen LogP contribution in [0.1, 0.15) is 0 Å². The van der Waals surface area contributed by atoms with Crippen molar-refractivity contribution in [3.8, 4) is 11.3 Å². The lowest BCUT2D eigenvalue weighted by molar-refractivity contribution is -0.113. The highest BCUT2D eigenvalue weighted by Crippen LogP contribution is 2.29. The number of aromatic nitrogens is 1. The van der Waals surface area contributed by atoms with E-state index in [1.165, 1.54) is 29.2 Å². The van der Waals surface area contributed by atoms with Crippen molar-refractivity contribution in [2.24, 2.45) is 0 Å². The van der Waals surface area contributed by atoms with E-state index in [9.17, 15) is 13.6 Å². The fourth-order valence-corrected chi connectivity index (χ4v) is 3.74. The predicted molar refractivity (Wildman–Crippen MR) is 98.3 cm³/mol. The van der Waals surface area contributed by atoms with Crippen LogP contribution < -0.4 is 5.32 Å². The second-order valence-corrected chi connectivity index (χ2v) is 7.48. The third-order valence-corrected chi connectivity index (χ3v) is 5.43. The van der Waals surface area contributed by atoms with Gasteiger partial charge in [-0.15, -0.1) is 11.3 Å². The molecule has 0 aliphatic heterocycles. The first-order valence-electron chi connectivity index (χ1n) is 7.10. The van der Waals surface area contributed by atoms with Crippen molar-refractivity contribution < 1.29 is 13.6 Å². The van der Waals surface area contributed by atoms with Gasteiger partial charge in [0.1, 0.15) is 11.6 Å². The van der Waals surface area contributed by atoms with Gasteiger partial charge in [0.15, 0.2) is 4.34 Å². The molecule has 1 amide bonds. The topological polar surface area (TPSA) is 42.0 Å². The summed E-state index contributed by atoms with van der Waals surface area (Å²) in [5.74, 6) is -1.82. The number of thioether (sulfide) groups is 1. The van der Waals surface area contributed by atoms with E-state index in [1.54, 1.807) is 12.1 Å². The third-order valence-electron chi connectivity index (χ3n) is 3.16. The van der Waals surface area contributed by atoms with Crippen LogP contribution in [0.3, 0.4) is 0 Å². The van der Waals surface area contributed by atoms with Crippen molar-refractivity contribution in [2.75, 3.05) is 11.1 Å². The quantitative estimate of drug-likeness (QED) is 0.581. The first kappa shape index (κ1) is 17.8. The van der Waals surface area contributed by atoms with Gasteiger partial charge < -0.3 is 5.32 Å². The van der Waals surface area contributed by atoms with Crippen molar-refractivity contribution >= 4 is 46.3 Å². The molecule has 0 radical (unpaired) electrons. The van der Waals surface area contributed by atoms with Crippen LogP contribution in [0.4, 0.5) is 14.5 Å². The molecule has 2 aromatic carbocycles. The average Bonchev–Trinajstić information content (AvgIpc) is 3.05. The van der Waals surface area contributed by atoms with Crippen molar-refractivity contribution in [1.29, 1.82) is 0 Å². The summed E-state index contributed by atoms with van der Waals surface area (Å²) in [4.78, 5) is 16.4. The summed E-state index contributed by atoms with van der Waals surface area (Å²) < 4.78 is 27.1. The summed E-state index contributed by atoms with van der Waals surface area (Å²) in [6.45, 7) is 0. The molecule has 0 aliphatic rings. The highest BCUT2D eigenvalue weighted by Gasteiger charge is 2.11. The highest BCUT2D eigenvalue weighted by atomic mass is 35.5. The summed E-state index contributed by atoms with van der Waals surface area (Å²) in [6, 6.07) is 10.3. The number of nitrogens with one attached hydrogen (secondary N) is 1. The van der Waals surface area contributed by atoms with E-state index >= 15 is 0 Å². The lowest BCUT2D eigenvalue weighted by atomic mass is 10.2. The van der Waals surface area contributed by atoms with Gasteiger partial charge in [0.2, 0.25) is 5.91 Å². The van der Waals surface area contributed by atoms with Crippen LogP contribution in [-0.4, -0.2) is 16.6 Å². The summed E-state index contributed by atoms with van der Waals surface area (Å²) in [5.41, 5.74) is 1.69. The molecule has 0 saturated heterocycles. The minimum absolute atomic E-state index is 0.0482. The minimum atomic E-state index is -0.808. The standard InChI is InChI=1S/C17H11ClF2N2OS2/c18-11-3-1-10(2-4-11)15-8-24-17(22-15)25-9-16(23)21-14-6-5-12(19)7-13(14)20/h1-8H,9H2,(H,21,23). The van der Waals surface area contributed by atoms with E-state index in [1.807, 2.05) is 17.5 Å². The number of benzene rings is 2. The third kappa shape index (κ3) is 4.78. The van der Waals surface area contributed by atoms with Crippen LogP contribution >= 0.6 is 34.7 Å². The Labute approximate surface area is 156 Å². The molecule has 1 aromatic heterocycles. The molecule has 0 fully saturated rings. The number of anilines is 1. The summed E-state index contributed by atoms with van der Waals surface area (Å²) in [7, 11) is 0. The van der Waals surface area contributed by atoms with Crippen LogP contribution in [0.2, 0.25) is 5.02 Å². The monoisotopic (exact) mass is 396 g/mol. The number of hydrogen-bond acceptors (Lipinski definition) is 4. The maximum Gasteiger partial charge on any atom is 0.234 e. The number of amides is 1. The summed E-state index contributed by atoms with van der Waals surface area (Å²) >= 11 is 8.53. The normalized spacial score (nSPS) is 10.7. The van der Waals surface area contributed by atoms with Crippen LogP contribution in [0.25, 0.3) is 11.3 Å². The molecular weight excluding hydrogens is 386 g/mol. The summed E-state index contributed by atoms with van der Waals surface area (Å²) in [6.07, 6.45) is 0. The van der Waals surface area contributed by atoms with Gasteiger partial charge >= 0.3 is 0 Å². The second-order valence-electron chi connectivity index (χ2n) is 4.97. The zero-order valence-corrected chi connectivity index (χ0v) is 15.0. The van der Waals surface area contributed by atoms with Gasteiger partial charge in [-0.25, -0.2) is 13.8 Å². The fourth-order valence-electron chi connectivity index (χ4n) is 1.98. The van der Waals surface area contributed by atoms with Crippen molar-refractivity contribution in [3.05, 3.63) is 64.5 Å². The molecule has 128 valence electrons. The Morgan fingerprint density at radius 1 is 1.20 bits per heavy atom. The molecule has 3 aromatic rings. The Bertz CT molecular complexity index is 900. The molecule has 3 nitrogen and oxygen atoms in total. The predicted octanol–water partition coefficient (Wildman–Crippen LogP) is 5.47. The molecule has 3 rings (SSSR count). The Morgan fingerprint density at radius 2 is 1.96 bits per heavy atom. The zero-order valence-electron chi connectivity index (χ0n) is 12.6. The largest absolute Gasteiger partial charge is 0.323 e. The molecule has 25 heavy (non-hydrogen) atoms. The van der Waals surface area contributed by atoms with Gasteiger partial charge in [-0.1, -0.05) is 35.5 Å². The maximum atomic E-state index is 13.5. The molecule has 0 saturated carbocycles. The smallest absolute Gasteiger partial charge is 0.234 e. The molecule has 1 N–H and O–H groups in total. The lowest BCUT2D eigenvalue weighted by Gasteiger charge is -2.05. The number of halogens is 3. The van der Waals surface area contributed by atoms with Crippen LogP contribution in [0.5, 0.6) is 0 Å². The number of rotatable bonds is 5. The molecule has 0 unspecified atom stereocenters. The second kappa shape index (κ2) is 7.95. The van der Waals surface area contributed by atoms with Crippen LogP contribution in [-0.2, 0) is 4.79 Å². The number of carbonyl (C=O) groups excluding carboxylic acids is 1. The van der Waals surface area contributed by atoms with E-state index in [-0.39, 0.29) is 11.4 Å². The minimum Gasteiger partial charge on any atom is -0.323 e. The highest BCUT2D eigenvalue weighted by molar-refractivity contribution is 8.01. The lowest BCUT2D eigenvalue weighted by Crippen LogP contribution is -2.15. The summed E-state index contributed by atoms with van der Waals surface area (Å²) in [5, 5.41) is 4.96. The molecule has 0 bridgehead atoms. The van der Waals surface area contributed by atoms with Crippen molar-refractivity contribution in [2.45, 2.75) is 4.34 Å². The Kier molecular flexibility index (Phi) is 5.67. The Hall–Kier alpha value is -1.96. The van der Waals surface area contributed by atoms with Crippen LogP contribution in [0, 0.1) is 11.6 Å². The van der Waals surface area contributed by atoms with Gasteiger partial charge in [-0.3, -0.25) is 4.79 Å². The van der Waals surface area contributed by atoms with Crippen molar-refractivity contribution in [3.63, 3.8) is 0 Å². The van der Waals surface area contributed by atoms with E-state index in [0.29, 0.717) is 5.02 Å². The average molecular weight is 397 g/mol. The SMILES string of the molecule is O=C(CSc1nc(-c2ccc(Cl)cc2)cs1)Nc1ccc(F)cc1F. The van der Waals surface area contributed by atoms with Gasteiger partial charge in [0.25, 0.3) is 0 Å². The van der Waals surface area contributed by atoms with Gasteiger partial charge in [-0.05, 0) is 24.3 Å².